The number of rotatable bonds is 0. The fourth-order valence-electron chi connectivity index (χ4n) is 1.32. The number of nitrogens with one attached hydrogen (secondary N) is 1. The van der Waals surface area contributed by atoms with Gasteiger partial charge in [0.25, 0.3) is 0 Å². The van der Waals surface area contributed by atoms with E-state index in [4.69, 9.17) is 0 Å². The summed E-state index contributed by atoms with van der Waals surface area (Å²) in [5, 5.41) is 2.79. The highest BCUT2D eigenvalue weighted by Gasteiger charge is 2.02. The maximum atomic E-state index is 11.0. The van der Waals surface area contributed by atoms with Crippen LogP contribution in [-0.4, -0.2) is 5.91 Å². The van der Waals surface area contributed by atoms with E-state index in [9.17, 15) is 4.79 Å². The summed E-state index contributed by atoms with van der Waals surface area (Å²) >= 11 is 0. The van der Waals surface area contributed by atoms with Gasteiger partial charge in [-0.15, -0.1) is 0 Å². The molecule has 2 nitrogen and oxygen atoms in total. The highest BCUT2D eigenvalue weighted by Crippen LogP contribution is 2.09. The minimum atomic E-state index is 0.187. The van der Waals surface area contributed by atoms with Gasteiger partial charge in [-0.2, -0.15) is 0 Å². The summed E-state index contributed by atoms with van der Waals surface area (Å²) in [6.45, 7) is 1.90. The van der Waals surface area contributed by atoms with Gasteiger partial charge in [0.2, 0.25) is 5.91 Å². The Balaban J connectivity index is 2.17. The van der Waals surface area contributed by atoms with Gasteiger partial charge in [0.05, 0.1) is 0 Å². The van der Waals surface area contributed by atoms with Crippen molar-refractivity contribution in [2.75, 3.05) is 0 Å². The fourth-order valence-corrected chi connectivity index (χ4v) is 1.32. The highest BCUT2D eigenvalue weighted by molar-refractivity contribution is 5.76. The molecular formula is C9H16NO. The van der Waals surface area contributed by atoms with Crippen molar-refractivity contribution in [2.45, 2.75) is 44.9 Å². The standard InChI is InChI=1S/C9H16NO/c11-9-7-5-3-1-2-4-6-8-10-9/h8H,1-7H2,(H,10,11). The lowest BCUT2D eigenvalue weighted by Gasteiger charge is -2.07. The van der Waals surface area contributed by atoms with Crippen LogP contribution >= 0.6 is 0 Å². The van der Waals surface area contributed by atoms with Crippen molar-refractivity contribution in [3.8, 4) is 0 Å². The Bertz CT molecular complexity index is 111. The van der Waals surface area contributed by atoms with E-state index in [1.165, 1.54) is 25.7 Å². The third kappa shape index (κ3) is 4.02. The van der Waals surface area contributed by atoms with E-state index in [-0.39, 0.29) is 5.91 Å². The lowest BCUT2D eigenvalue weighted by atomic mass is 10.1. The van der Waals surface area contributed by atoms with Crippen LogP contribution < -0.4 is 5.32 Å². The van der Waals surface area contributed by atoms with Crippen molar-refractivity contribution < 1.29 is 4.79 Å². The lowest BCUT2D eigenvalue weighted by Crippen LogP contribution is -2.20. The van der Waals surface area contributed by atoms with Gasteiger partial charge in [-0.05, 0) is 12.8 Å². The van der Waals surface area contributed by atoms with Crippen LogP contribution in [0.25, 0.3) is 0 Å². The second-order valence-corrected chi connectivity index (χ2v) is 3.08. The number of amides is 1. The first-order valence-electron chi connectivity index (χ1n) is 4.50. The molecule has 63 valence electrons. The summed E-state index contributed by atoms with van der Waals surface area (Å²) < 4.78 is 0. The van der Waals surface area contributed by atoms with Crippen molar-refractivity contribution in [1.82, 2.24) is 5.32 Å². The summed E-state index contributed by atoms with van der Waals surface area (Å²) in [7, 11) is 0. The van der Waals surface area contributed by atoms with Crippen LogP contribution in [0.4, 0.5) is 0 Å². The molecule has 0 aromatic heterocycles. The molecule has 0 aliphatic carbocycles. The minimum absolute atomic E-state index is 0.187. The molecule has 1 saturated heterocycles. The van der Waals surface area contributed by atoms with Gasteiger partial charge in [-0.3, -0.25) is 4.79 Å². The van der Waals surface area contributed by atoms with Crippen molar-refractivity contribution in [1.29, 1.82) is 0 Å². The van der Waals surface area contributed by atoms with E-state index >= 15 is 0 Å². The summed E-state index contributed by atoms with van der Waals surface area (Å²) in [6.07, 6.45) is 7.84. The predicted molar refractivity (Wildman–Crippen MR) is 44.8 cm³/mol. The number of hydrogen-bond acceptors (Lipinski definition) is 1. The van der Waals surface area contributed by atoms with E-state index in [0.29, 0.717) is 6.42 Å². The maximum absolute atomic E-state index is 11.0. The Morgan fingerprint density at radius 1 is 1.09 bits per heavy atom. The minimum Gasteiger partial charge on any atom is -0.351 e. The SMILES string of the molecule is O=C1CCCCCCC[CH]N1. The molecule has 1 amide bonds. The van der Waals surface area contributed by atoms with Crippen LogP contribution in [0.1, 0.15) is 44.9 Å². The largest absolute Gasteiger partial charge is 0.351 e. The Morgan fingerprint density at radius 3 is 2.73 bits per heavy atom. The monoisotopic (exact) mass is 154 g/mol. The predicted octanol–water partition coefficient (Wildman–Crippen LogP) is 2.01. The lowest BCUT2D eigenvalue weighted by molar-refractivity contribution is -0.120. The van der Waals surface area contributed by atoms with Gasteiger partial charge in [-0.1, -0.05) is 25.7 Å². The summed E-state index contributed by atoms with van der Waals surface area (Å²) in [6, 6.07) is 0. The van der Waals surface area contributed by atoms with Crippen molar-refractivity contribution in [3.05, 3.63) is 6.54 Å². The van der Waals surface area contributed by atoms with Crippen molar-refractivity contribution in [3.63, 3.8) is 0 Å². The third-order valence-electron chi connectivity index (χ3n) is 2.02. The quantitative estimate of drug-likeness (QED) is 0.568. The van der Waals surface area contributed by atoms with E-state index in [1.807, 2.05) is 6.54 Å². The second-order valence-electron chi connectivity index (χ2n) is 3.08. The van der Waals surface area contributed by atoms with Gasteiger partial charge < -0.3 is 5.32 Å². The zero-order valence-electron chi connectivity index (χ0n) is 6.94. The molecule has 1 radical (unpaired) electrons. The van der Waals surface area contributed by atoms with E-state index in [0.717, 1.165) is 12.8 Å². The normalized spacial score (nSPS) is 22.4. The van der Waals surface area contributed by atoms with E-state index in [2.05, 4.69) is 5.32 Å². The van der Waals surface area contributed by atoms with Gasteiger partial charge >= 0.3 is 0 Å². The molecule has 0 spiro atoms. The van der Waals surface area contributed by atoms with Crippen molar-refractivity contribution >= 4 is 5.91 Å². The third-order valence-corrected chi connectivity index (χ3v) is 2.02. The summed E-state index contributed by atoms with van der Waals surface area (Å²) in [5.74, 6) is 0.187. The molecule has 1 aliphatic heterocycles. The Labute approximate surface area is 68.4 Å². The van der Waals surface area contributed by atoms with E-state index in [1.54, 1.807) is 0 Å². The molecule has 1 rings (SSSR count). The summed E-state index contributed by atoms with van der Waals surface area (Å²) in [5.41, 5.74) is 0. The van der Waals surface area contributed by atoms with E-state index < -0.39 is 0 Å². The van der Waals surface area contributed by atoms with Crippen LogP contribution in [0, 0.1) is 6.54 Å². The molecule has 0 unspecified atom stereocenters. The Morgan fingerprint density at radius 2 is 1.82 bits per heavy atom. The topological polar surface area (TPSA) is 29.1 Å². The van der Waals surface area contributed by atoms with Crippen LogP contribution in [-0.2, 0) is 4.79 Å². The molecule has 0 bridgehead atoms. The second kappa shape index (κ2) is 5.16. The number of carbonyl (C=O) groups excluding carboxylic acids is 1. The molecule has 1 N–H and O–H groups in total. The van der Waals surface area contributed by atoms with Crippen LogP contribution in [0.5, 0.6) is 0 Å². The molecule has 0 aromatic rings. The zero-order valence-corrected chi connectivity index (χ0v) is 6.94. The molecule has 0 saturated carbocycles. The van der Waals surface area contributed by atoms with Crippen molar-refractivity contribution in [2.24, 2.45) is 0 Å². The number of hydrogen-bond donors (Lipinski definition) is 1. The molecule has 0 atom stereocenters. The zero-order chi connectivity index (χ0) is 7.94. The van der Waals surface area contributed by atoms with Crippen LogP contribution in [0.15, 0.2) is 0 Å². The Hall–Kier alpha value is -0.530. The van der Waals surface area contributed by atoms with Crippen LogP contribution in [0.2, 0.25) is 0 Å². The molecular weight excluding hydrogens is 138 g/mol. The van der Waals surface area contributed by atoms with Gasteiger partial charge in [0.1, 0.15) is 0 Å². The Kier molecular flexibility index (Phi) is 4.02. The maximum Gasteiger partial charge on any atom is 0.220 e. The van der Waals surface area contributed by atoms with Gasteiger partial charge in [-0.25, -0.2) is 0 Å². The smallest absolute Gasteiger partial charge is 0.220 e. The van der Waals surface area contributed by atoms with Gasteiger partial charge in [0.15, 0.2) is 0 Å². The molecule has 1 fully saturated rings. The highest BCUT2D eigenvalue weighted by atomic mass is 16.1. The van der Waals surface area contributed by atoms with Crippen LogP contribution in [0.3, 0.4) is 0 Å². The first-order chi connectivity index (χ1) is 5.39. The molecule has 1 aliphatic rings. The molecule has 11 heavy (non-hydrogen) atoms. The average molecular weight is 154 g/mol. The first kappa shape index (κ1) is 8.57. The number of carbonyl (C=O) groups is 1. The molecule has 2 heteroatoms. The first-order valence-corrected chi connectivity index (χ1v) is 4.50. The molecule has 0 aromatic carbocycles. The molecule has 1 heterocycles. The fraction of sp³-hybridized carbons (Fsp3) is 0.778. The average Bonchev–Trinajstić information content (AvgIpc) is 2.03. The van der Waals surface area contributed by atoms with Gasteiger partial charge in [0, 0.05) is 13.0 Å². The summed E-state index contributed by atoms with van der Waals surface area (Å²) in [4.78, 5) is 11.0.